The summed E-state index contributed by atoms with van der Waals surface area (Å²) in [4.78, 5) is 0. The van der Waals surface area contributed by atoms with Crippen molar-refractivity contribution < 1.29 is 9.84 Å². The van der Waals surface area contributed by atoms with E-state index in [0.717, 1.165) is 19.4 Å². The lowest BCUT2D eigenvalue weighted by Gasteiger charge is -2.61. The summed E-state index contributed by atoms with van der Waals surface area (Å²) in [6.07, 6.45) is 6.50. The average Bonchev–Trinajstić information content (AvgIpc) is 2.13. The molecule has 2 N–H and O–H groups in total. The van der Waals surface area contributed by atoms with Crippen LogP contribution in [0.4, 0.5) is 0 Å². The number of aliphatic hydroxyl groups is 1. The van der Waals surface area contributed by atoms with Gasteiger partial charge in [-0.15, -0.1) is 0 Å². The fourth-order valence-corrected chi connectivity index (χ4v) is 3.29. The quantitative estimate of drug-likeness (QED) is 0.725. The SMILES string of the molecule is CCOC1CC(NC(C)CCO)C12CCC2. The summed E-state index contributed by atoms with van der Waals surface area (Å²) < 4.78 is 5.82. The summed E-state index contributed by atoms with van der Waals surface area (Å²) in [6.45, 7) is 5.37. The van der Waals surface area contributed by atoms with Gasteiger partial charge in [-0.2, -0.15) is 0 Å². The van der Waals surface area contributed by atoms with Gasteiger partial charge < -0.3 is 15.2 Å². The first-order chi connectivity index (χ1) is 7.73. The summed E-state index contributed by atoms with van der Waals surface area (Å²) in [7, 11) is 0. The van der Waals surface area contributed by atoms with Gasteiger partial charge >= 0.3 is 0 Å². The van der Waals surface area contributed by atoms with Crippen molar-refractivity contribution in [2.24, 2.45) is 5.41 Å². The van der Waals surface area contributed by atoms with Crippen LogP contribution in [0, 0.1) is 5.41 Å². The minimum absolute atomic E-state index is 0.281. The molecule has 16 heavy (non-hydrogen) atoms. The Kier molecular flexibility index (Phi) is 3.88. The molecule has 2 aliphatic carbocycles. The molecule has 0 saturated heterocycles. The third-order valence-electron chi connectivity index (χ3n) is 4.49. The minimum Gasteiger partial charge on any atom is -0.396 e. The van der Waals surface area contributed by atoms with E-state index in [2.05, 4.69) is 19.2 Å². The van der Waals surface area contributed by atoms with Crippen molar-refractivity contribution in [3.05, 3.63) is 0 Å². The molecule has 94 valence electrons. The molecule has 0 aliphatic heterocycles. The summed E-state index contributed by atoms with van der Waals surface area (Å²) in [5.74, 6) is 0. The maximum atomic E-state index is 8.91. The second-order valence-corrected chi connectivity index (χ2v) is 5.40. The van der Waals surface area contributed by atoms with Crippen LogP contribution in [0.1, 0.15) is 46.0 Å². The van der Waals surface area contributed by atoms with E-state index in [4.69, 9.17) is 9.84 Å². The monoisotopic (exact) mass is 227 g/mol. The number of ether oxygens (including phenoxy) is 1. The van der Waals surface area contributed by atoms with Crippen LogP contribution in [-0.4, -0.2) is 36.5 Å². The van der Waals surface area contributed by atoms with E-state index in [1.165, 1.54) is 19.3 Å². The van der Waals surface area contributed by atoms with Crippen LogP contribution in [0.15, 0.2) is 0 Å². The van der Waals surface area contributed by atoms with Crippen LogP contribution in [0.2, 0.25) is 0 Å². The van der Waals surface area contributed by atoms with E-state index in [1.54, 1.807) is 0 Å². The maximum absolute atomic E-state index is 8.91. The smallest absolute Gasteiger partial charge is 0.0661 e. The average molecular weight is 227 g/mol. The van der Waals surface area contributed by atoms with Gasteiger partial charge in [0.1, 0.15) is 0 Å². The zero-order valence-electron chi connectivity index (χ0n) is 10.5. The summed E-state index contributed by atoms with van der Waals surface area (Å²) in [5, 5.41) is 12.6. The zero-order chi connectivity index (χ0) is 11.6. The predicted molar refractivity (Wildman–Crippen MR) is 64.4 cm³/mol. The van der Waals surface area contributed by atoms with Crippen LogP contribution in [0.3, 0.4) is 0 Å². The molecule has 2 aliphatic rings. The molecule has 2 fully saturated rings. The second kappa shape index (κ2) is 5.03. The Labute approximate surface area is 98.6 Å². The van der Waals surface area contributed by atoms with Crippen LogP contribution >= 0.6 is 0 Å². The predicted octanol–water partition coefficient (Wildman–Crippen LogP) is 1.69. The fourth-order valence-electron chi connectivity index (χ4n) is 3.29. The molecule has 0 aromatic rings. The highest BCUT2D eigenvalue weighted by Gasteiger charge is 2.58. The van der Waals surface area contributed by atoms with E-state index < -0.39 is 0 Å². The molecule has 3 unspecified atom stereocenters. The summed E-state index contributed by atoms with van der Waals surface area (Å²) in [6, 6.07) is 1.05. The zero-order valence-corrected chi connectivity index (χ0v) is 10.5. The largest absolute Gasteiger partial charge is 0.396 e. The number of rotatable bonds is 6. The Morgan fingerprint density at radius 2 is 2.25 bits per heavy atom. The van der Waals surface area contributed by atoms with Gasteiger partial charge in [0.25, 0.3) is 0 Å². The molecule has 1 spiro atoms. The Morgan fingerprint density at radius 3 is 2.75 bits per heavy atom. The molecule has 3 nitrogen and oxygen atoms in total. The van der Waals surface area contributed by atoms with E-state index in [-0.39, 0.29) is 6.61 Å². The molecule has 0 aromatic heterocycles. The number of hydrogen-bond acceptors (Lipinski definition) is 3. The number of nitrogens with one attached hydrogen (secondary N) is 1. The van der Waals surface area contributed by atoms with Crippen LogP contribution in [-0.2, 0) is 4.74 Å². The molecular weight excluding hydrogens is 202 g/mol. The van der Waals surface area contributed by atoms with Crippen molar-refractivity contribution in [2.45, 2.75) is 64.1 Å². The molecule has 0 radical (unpaired) electrons. The second-order valence-electron chi connectivity index (χ2n) is 5.40. The lowest BCUT2D eigenvalue weighted by atomic mass is 9.51. The highest BCUT2D eigenvalue weighted by atomic mass is 16.5. The first kappa shape index (κ1) is 12.3. The Hall–Kier alpha value is -0.120. The van der Waals surface area contributed by atoms with Gasteiger partial charge in [-0.25, -0.2) is 0 Å². The molecule has 2 rings (SSSR count). The Bertz CT molecular complexity index is 228. The van der Waals surface area contributed by atoms with Crippen molar-refractivity contribution >= 4 is 0 Å². The lowest BCUT2D eigenvalue weighted by molar-refractivity contribution is -0.174. The van der Waals surface area contributed by atoms with Crippen molar-refractivity contribution in [1.29, 1.82) is 0 Å². The van der Waals surface area contributed by atoms with E-state index in [9.17, 15) is 0 Å². The van der Waals surface area contributed by atoms with E-state index >= 15 is 0 Å². The Morgan fingerprint density at radius 1 is 1.50 bits per heavy atom. The van der Waals surface area contributed by atoms with Crippen molar-refractivity contribution in [1.82, 2.24) is 5.32 Å². The fraction of sp³-hybridized carbons (Fsp3) is 1.00. The Balaban J connectivity index is 1.83. The van der Waals surface area contributed by atoms with Gasteiger partial charge in [-0.05, 0) is 39.5 Å². The van der Waals surface area contributed by atoms with Crippen LogP contribution in [0.5, 0.6) is 0 Å². The number of hydrogen-bond donors (Lipinski definition) is 2. The lowest BCUT2D eigenvalue weighted by Crippen LogP contribution is -2.68. The third-order valence-corrected chi connectivity index (χ3v) is 4.49. The van der Waals surface area contributed by atoms with Crippen LogP contribution in [0.25, 0.3) is 0 Å². The van der Waals surface area contributed by atoms with Gasteiger partial charge in [0.05, 0.1) is 6.10 Å². The molecule has 0 amide bonds. The van der Waals surface area contributed by atoms with Gasteiger partial charge in [0, 0.05) is 30.7 Å². The maximum Gasteiger partial charge on any atom is 0.0661 e. The molecular formula is C13H25NO2. The highest BCUT2D eigenvalue weighted by Crippen LogP contribution is 2.57. The third kappa shape index (κ3) is 2.01. The molecule has 0 aromatic carbocycles. The summed E-state index contributed by atoms with van der Waals surface area (Å²) in [5.41, 5.74) is 0.444. The first-order valence-electron chi connectivity index (χ1n) is 6.71. The standard InChI is InChI=1S/C13H25NO2/c1-3-16-12-9-11(13(12)6-4-7-13)14-10(2)5-8-15/h10-12,14-15H,3-9H2,1-2H3. The molecule has 0 heterocycles. The topological polar surface area (TPSA) is 41.5 Å². The minimum atomic E-state index is 0.281. The van der Waals surface area contributed by atoms with Crippen molar-refractivity contribution in [3.8, 4) is 0 Å². The summed E-state index contributed by atoms with van der Waals surface area (Å²) >= 11 is 0. The number of aliphatic hydroxyl groups excluding tert-OH is 1. The first-order valence-corrected chi connectivity index (χ1v) is 6.71. The molecule has 3 atom stereocenters. The van der Waals surface area contributed by atoms with Crippen LogP contribution < -0.4 is 5.32 Å². The van der Waals surface area contributed by atoms with Gasteiger partial charge in [-0.3, -0.25) is 0 Å². The molecule has 3 heteroatoms. The molecule has 0 bridgehead atoms. The van der Waals surface area contributed by atoms with Crippen molar-refractivity contribution in [2.75, 3.05) is 13.2 Å². The van der Waals surface area contributed by atoms with Gasteiger partial charge in [0.2, 0.25) is 0 Å². The van der Waals surface area contributed by atoms with Gasteiger partial charge in [0.15, 0.2) is 0 Å². The van der Waals surface area contributed by atoms with Crippen molar-refractivity contribution in [3.63, 3.8) is 0 Å². The van der Waals surface area contributed by atoms with E-state index in [0.29, 0.717) is 23.6 Å². The highest BCUT2D eigenvalue weighted by molar-refractivity contribution is 5.12. The normalized spacial score (nSPS) is 33.2. The van der Waals surface area contributed by atoms with E-state index in [1.807, 2.05) is 0 Å². The van der Waals surface area contributed by atoms with Gasteiger partial charge in [-0.1, -0.05) is 6.42 Å². The molecule has 2 saturated carbocycles.